The molecule has 0 saturated carbocycles. The second kappa shape index (κ2) is 7.57. The monoisotopic (exact) mass is 338 g/mol. The molecular weight excluding hydrogens is 320 g/mol. The number of amides is 1. The Morgan fingerprint density at radius 1 is 1.60 bits per heavy atom. The average Bonchev–Trinajstić information content (AvgIpc) is 2.45. The third-order valence-electron chi connectivity index (χ3n) is 3.18. The number of carbonyl (C=O) groups is 1. The van der Waals surface area contributed by atoms with E-state index in [9.17, 15) is 4.79 Å². The van der Waals surface area contributed by atoms with E-state index in [0.717, 1.165) is 23.1 Å². The summed E-state index contributed by atoms with van der Waals surface area (Å²) in [6, 6.07) is 8.11. The van der Waals surface area contributed by atoms with Crippen molar-refractivity contribution >= 4 is 21.8 Å². The summed E-state index contributed by atoms with van der Waals surface area (Å²) >= 11 is 3.47. The average molecular weight is 339 g/mol. The van der Waals surface area contributed by atoms with Crippen LogP contribution in [0.1, 0.15) is 11.7 Å². The van der Waals surface area contributed by atoms with Gasteiger partial charge in [-0.1, -0.05) is 34.1 Å². The molecule has 1 aromatic carbocycles. The van der Waals surface area contributed by atoms with E-state index in [4.69, 9.17) is 4.74 Å². The third-order valence-corrected chi connectivity index (χ3v) is 3.68. The van der Waals surface area contributed by atoms with Gasteiger partial charge in [0.05, 0.1) is 19.3 Å². The molecular formula is C15H19BrN2O2. The fraction of sp³-hybridized carbons (Fsp3) is 0.400. The van der Waals surface area contributed by atoms with Gasteiger partial charge >= 0.3 is 0 Å². The van der Waals surface area contributed by atoms with Gasteiger partial charge < -0.3 is 10.1 Å². The van der Waals surface area contributed by atoms with Gasteiger partial charge in [0.25, 0.3) is 0 Å². The molecule has 1 aliphatic rings. The van der Waals surface area contributed by atoms with Gasteiger partial charge in [0.2, 0.25) is 5.91 Å². The zero-order valence-corrected chi connectivity index (χ0v) is 12.9. The Morgan fingerprint density at radius 2 is 2.45 bits per heavy atom. The minimum atomic E-state index is 0.0217. The van der Waals surface area contributed by atoms with Gasteiger partial charge in [0.15, 0.2) is 0 Å². The lowest BCUT2D eigenvalue weighted by Gasteiger charge is -2.32. The highest BCUT2D eigenvalue weighted by atomic mass is 79.9. The lowest BCUT2D eigenvalue weighted by Crippen LogP contribution is -2.44. The first-order chi connectivity index (χ1) is 9.69. The summed E-state index contributed by atoms with van der Waals surface area (Å²) in [7, 11) is 0. The number of nitrogens with zero attached hydrogens (tertiary/aromatic N) is 1. The molecule has 0 radical (unpaired) electrons. The molecule has 1 aliphatic heterocycles. The van der Waals surface area contributed by atoms with E-state index < -0.39 is 0 Å². The standard InChI is InChI=1S/C15H19BrN2O2/c1-2-6-17-15(19)11-18-7-8-20-14(10-18)12-4-3-5-13(16)9-12/h2-5,9,14H,1,6-8,10-11H2,(H,17,19)/t14-/m0/s1. The van der Waals surface area contributed by atoms with Crippen LogP contribution in [0, 0.1) is 0 Å². The van der Waals surface area contributed by atoms with Crippen molar-refractivity contribution in [3.8, 4) is 0 Å². The van der Waals surface area contributed by atoms with Crippen LogP contribution in [0.5, 0.6) is 0 Å². The Hall–Kier alpha value is -1.17. The van der Waals surface area contributed by atoms with E-state index in [2.05, 4.69) is 44.9 Å². The molecule has 20 heavy (non-hydrogen) atoms. The molecule has 2 rings (SSSR count). The minimum absolute atomic E-state index is 0.0217. The van der Waals surface area contributed by atoms with E-state index in [0.29, 0.717) is 19.7 Å². The first-order valence-electron chi connectivity index (χ1n) is 6.66. The zero-order chi connectivity index (χ0) is 14.4. The Kier molecular flexibility index (Phi) is 5.76. The van der Waals surface area contributed by atoms with E-state index in [1.807, 2.05) is 12.1 Å². The second-order valence-electron chi connectivity index (χ2n) is 4.74. The van der Waals surface area contributed by atoms with Crippen LogP contribution in [-0.4, -0.2) is 43.6 Å². The van der Waals surface area contributed by atoms with Gasteiger partial charge in [-0.3, -0.25) is 9.69 Å². The van der Waals surface area contributed by atoms with Crippen LogP contribution in [0.2, 0.25) is 0 Å². The molecule has 1 saturated heterocycles. The predicted molar refractivity (Wildman–Crippen MR) is 82.5 cm³/mol. The van der Waals surface area contributed by atoms with Crippen LogP contribution in [0.15, 0.2) is 41.4 Å². The fourth-order valence-corrected chi connectivity index (χ4v) is 2.62. The van der Waals surface area contributed by atoms with E-state index in [1.54, 1.807) is 6.08 Å². The Balaban J connectivity index is 1.91. The van der Waals surface area contributed by atoms with Gasteiger partial charge in [-0.05, 0) is 17.7 Å². The summed E-state index contributed by atoms with van der Waals surface area (Å²) in [6.07, 6.45) is 1.70. The summed E-state index contributed by atoms with van der Waals surface area (Å²) in [5.41, 5.74) is 1.13. The van der Waals surface area contributed by atoms with E-state index >= 15 is 0 Å². The quantitative estimate of drug-likeness (QED) is 0.836. The number of rotatable bonds is 5. The molecule has 1 heterocycles. The maximum Gasteiger partial charge on any atom is 0.234 e. The number of benzene rings is 1. The molecule has 108 valence electrons. The minimum Gasteiger partial charge on any atom is -0.371 e. The van der Waals surface area contributed by atoms with Crippen LogP contribution in [-0.2, 0) is 9.53 Å². The van der Waals surface area contributed by atoms with Crippen molar-refractivity contribution in [2.75, 3.05) is 32.8 Å². The smallest absolute Gasteiger partial charge is 0.234 e. The topological polar surface area (TPSA) is 41.6 Å². The van der Waals surface area contributed by atoms with Crippen molar-refractivity contribution in [2.24, 2.45) is 0 Å². The molecule has 4 nitrogen and oxygen atoms in total. The summed E-state index contributed by atoms with van der Waals surface area (Å²) in [4.78, 5) is 13.8. The normalized spacial score (nSPS) is 19.6. The Bertz CT molecular complexity index is 479. The molecule has 0 spiro atoms. The predicted octanol–water partition coefficient (Wildman–Crippen LogP) is 2.12. The van der Waals surface area contributed by atoms with Gasteiger partial charge in [-0.25, -0.2) is 0 Å². The Labute approximate surface area is 127 Å². The molecule has 0 unspecified atom stereocenters. The van der Waals surface area contributed by atoms with Crippen molar-refractivity contribution in [1.82, 2.24) is 10.2 Å². The SMILES string of the molecule is C=CCNC(=O)CN1CCO[C@H](c2cccc(Br)c2)C1. The lowest BCUT2D eigenvalue weighted by molar-refractivity contribution is -0.124. The molecule has 0 aliphatic carbocycles. The van der Waals surface area contributed by atoms with Crippen molar-refractivity contribution < 1.29 is 9.53 Å². The maximum absolute atomic E-state index is 11.7. The van der Waals surface area contributed by atoms with Gasteiger partial charge in [0, 0.05) is 24.1 Å². The highest BCUT2D eigenvalue weighted by Crippen LogP contribution is 2.24. The summed E-state index contributed by atoms with van der Waals surface area (Å²) in [6.45, 7) is 6.67. The number of nitrogens with one attached hydrogen (secondary N) is 1. The number of carbonyl (C=O) groups excluding carboxylic acids is 1. The fourth-order valence-electron chi connectivity index (χ4n) is 2.20. The van der Waals surface area contributed by atoms with Gasteiger partial charge in [-0.2, -0.15) is 0 Å². The zero-order valence-electron chi connectivity index (χ0n) is 11.3. The number of ether oxygens (including phenoxy) is 1. The Morgan fingerprint density at radius 3 is 3.20 bits per heavy atom. The van der Waals surface area contributed by atoms with Gasteiger partial charge in [0.1, 0.15) is 0 Å². The van der Waals surface area contributed by atoms with Crippen molar-refractivity contribution in [3.05, 3.63) is 47.0 Å². The molecule has 0 aromatic heterocycles. The van der Waals surface area contributed by atoms with Crippen LogP contribution in [0.4, 0.5) is 0 Å². The molecule has 1 fully saturated rings. The van der Waals surface area contributed by atoms with Crippen LogP contribution in [0.25, 0.3) is 0 Å². The lowest BCUT2D eigenvalue weighted by atomic mass is 10.1. The number of hydrogen-bond donors (Lipinski definition) is 1. The highest BCUT2D eigenvalue weighted by Gasteiger charge is 2.23. The summed E-state index contributed by atoms with van der Waals surface area (Å²) in [5.74, 6) is 0.0276. The van der Waals surface area contributed by atoms with E-state index in [1.165, 1.54) is 0 Å². The largest absolute Gasteiger partial charge is 0.371 e. The molecule has 1 N–H and O–H groups in total. The van der Waals surface area contributed by atoms with Crippen molar-refractivity contribution in [2.45, 2.75) is 6.10 Å². The third kappa shape index (κ3) is 4.44. The summed E-state index contributed by atoms with van der Waals surface area (Å²) in [5, 5.41) is 2.80. The molecule has 0 bridgehead atoms. The van der Waals surface area contributed by atoms with Crippen molar-refractivity contribution in [1.29, 1.82) is 0 Å². The maximum atomic E-state index is 11.7. The number of morpholine rings is 1. The van der Waals surface area contributed by atoms with Crippen LogP contribution < -0.4 is 5.32 Å². The highest BCUT2D eigenvalue weighted by molar-refractivity contribution is 9.10. The van der Waals surface area contributed by atoms with Crippen LogP contribution >= 0.6 is 15.9 Å². The molecule has 1 amide bonds. The van der Waals surface area contributed by atoms with Crippen molar-refractivity contribution in [3.63, 3.8) is 0 Å². The second-order valence-corrected chi connectivity index (χ2v) is 5.66. The molecule has 5 heteroatoms. The first-order valence-corrected chi connectivity index (χ1v) is 7.45. The van der Waals surface area contributed by atoms with E-state index in [-0.39, 0.29) is 12.0 Å². The molecule has 1 atom stereocenters. The van der Waals surface area contributed by atoms with Gasteiger partial charge in [-0.15, -0.1) is 6.58 Å². The molecule has 1 aromatic rings. The summed E-state index contributed by atoms with van der Waals surface area (Å²) < 4.78 is 6.84. The first kappa shape index (κ1) is 15.2. The number of hydrogen-bond acceptors (Lipinski definition) is 3. The van der Waals surface area contributed by atoms with Crippen LogP contribution in [0.3, 0.4) is 0 Å². The number of halogens is 1.